The maximum absolute atomic E-state index is 6.10. The van der Waals surface area contributed by atoms with E-state index in [1.54, 1.807) is 6.26 Å². The first-order valence-corrected chi connectivity index (χ1v) is 12.8. The van der Waals surface area contributed by atoms with Crippen molar-refractivity contribution in [2.24, 2.45) is 0 Å². The summed E-state index contributed by atoms with van der Waals surface area (Å²) >= 11 is 0. The maximum Gasteiger partial charge on any atom is 0.227 e. The summed E-state index contributed by atoms with van der Waals surface area (Å²) in [5.41, 5.74) is 8.76. The highest BCUT2D eigenvalue weighted by Gasteiger charge is 2.16. The third-order valence-electron chi connectivity index (χ3n) is 7.18. The van der Waals surface area contributed by atoms with Crippen LogP contribution < -0.4 is 0 Å². The molecule has 5 heteroatoms. The molecule has 0 N–H and O–H groups in total. The van der Waals surface area contributed by atoms with Crippen molar-refractivity contribution in [2.75, 3.05) is 0 Å². The maximum atomic E-state index is 6.10. The van der Waals surface area contributed by atoms with Crippen LogP contribution in [-0.2, 0) is 0 Å². The lowest BCUT2D eigenvalue weighted by Gasteiger charge is -2.10. The number of furan rings is 1. The Morgan fingerprint density at radius 2 is 1.49 bits per heavy atom. The van der Waals surface area contributed by atoms with Crippen molar-refractivity contribution in [3.05, 3.63) is 128 Å². The lowest BCUT2D eigenvalue weighted by Crippen LogP contribution is -1.95. The first-order chi connectivity index (χ1) is 19.3. The fourth-order valence-electron chi connectivity index (χ4n) is 5.33. The molecule has 0 aliphatic rings. The topological polar surface area (TPSA) is 57.0 Å². The lowest BCUT2D eigenvalue weighted by atomic mass is 10.1. The van der Waals surface area contributed by atoms with Gasteiger partial charge in [-0.05, 0) is 66.7 Å². The highest BCUT2D eigenvalue weighted by molar-refractivity contribution is 6.10. The molecule has 0 bridgehead atoms. The summed E-state index contributed by atoms with van der Waals surface area (Å²) < 4.78 is 13.9. The van der Waals surface area contributed by atoms with Crippen molar-refractivity contribution < 1.29 is 8.83 Å². The average molecular weight is 504 g/mol. The molecule has 184 valence electrons. The summed E-state index contributed by atoms with van der Waals surface area (Å²) in [6.07, 6.45) is 3.53. The van der Waals surface area contributed by atoms with Gasteiger partial charge in [0.15, 0.2) is 5.58 Å². The number of rotatable bonds is 4. The number of aromatic nitrogens is 3. The Labute approximate surface area is 223 Å². The van der Waals surface area contributed by atoms with E-state index in [1.165, 1.54) is 10.8 Å². The van der Waals surface area contributed by atoms with E-state index in [1.807, 2.05) is 54.7 Å². The molecule has 0 amide bonds. The molecule has 4 aromatic carbocycles. The Bertz CT molecular complexity index is 2080. The van der Waals surface area contributed by atoms with E-state index in [2.05, 4.69) is 71.3 Å². The Kier molecular flexibility index (Phi) is 4.76. The minimum atomic E-state index is 0.615. The van der Waals surface area contributed by atoms with Gasteiger partial charge < -0.3 is 13.4 Å². The first-order valence-electron chi connectivity index (χ1n) is 12.8. The van der Waals surface area contributed by atoms with Crippen LogP contribution in [0.3, 0.4) is 0 Å². The molecule has 0 radical (unpaired) electrons. The Hall–Kier alpha value is -5.42. The summed E-state index contributed by atoms with van der Waals surface area (Å²) in [6.45, 7) is 0. The second-order valence-corrected chi connectivity index (χ2v) is 9.53. The van der Waals surface area contributed by atoms with Crippen LogP contribution >= 0.6 is 0 Å². The van der Waals surface area contributed by atoms with E-state index in [-0.39, 0.29) is 0 Å². The molecule has 39 heavy (non-hydrogen) atoms. The zero-order valence-electron chi connectivity index (χ0n) is 20.8. The van der Waals surface area contributed by atoms with Crippen molar-refractivity contribution in [1.82, 2.24) is 14.5 Å². The molecule has 4 heterocycles. The van der Waals surface area contributed by atoms with Crippen LogP contribution in [0.1, 0.15) is 0 Å². The minimum absolute atomic E-state index is 0.615. The largest absolute Gasteiger partial charge is 0.464 e. The average Bonchev–Trinajstić information content (AvgIpc) is 3.75. The third kappa shape index (κ3) is 3.55. The number of fused-ring (bicyclic) bond motifs is 4. The number of benzene rings is 4. The first kappa shape index (κ1) is 21.6. The fourth-order valence-corrected chi connectivity index (χ4v) is 5.33. The molecule has 0 unspecified atom stereocenters. The van der Waals surface area contributed by atoms with Gasteiger partial charge in [0.1, 0.15) is 11.3 Å². The van der Waals surface area contributed by atoms with Gasteiger partial charge in [0, 0.05) is 39.3 Å². The van der Waals surface area contributed by atoms with Crippen molar-refractivity contribution in [3.8, 4) is 39.7 Å². The van der Waals surface area contributed by atoms with Crippen molar-refractivity contribution in [2.45, 2.75) is 0 Å². The van der Waals surface area contributed by atoms with Gasteiger partial charge in [-0.2, -0.15) is 0 Å². The second kappa shape index (κ2) is 8.57. The summed E-state index contributed by atoms with van der Waals surface area (Å²) in [5, 5.41) is 2.37. The molecule has 5 nitrogen and oxygen atoms in total. The zero-order valence-corrected chi connectivity index (χ0v) is 20.8. The zero-order chi connectivity index (χ0) is 25.8. The van der Waals surface area contributed by atoms with Crippen LogP contribution in [0.5, 0.6) is 0 Å². The molecule has 0 atom stereocenters. The molecule has 8 rings (SSSR count). The summed E-state index contributed by atoms with van der Waals surface area (Å²) in [4.78, 5) is 9.47. The Morgan fingerprint density at radius 1 is 0.615 bits per heavy atom. The molecular formula is C34H21N3O2. The lowest BCUT2D eigenvalue weighted by molar-refractivity contribution is 0.582. The van der Waals surface area contributed by atoms with Crippen molar-refractivity contribution in [1.29, 1.82) is 0 Å². The second-order valence-electron chi connectivity index (χ2n) is 9.53. The van der Waals surface area contributed by atoms with Crippen LogP contribution in [-0.4, -0.2) is 14.5 Å². The predicted octanol–water partition coefficient (Wildman–Crippen LogP) is 8.91. The molecule has 0 saturated carbocycles. The predicted molar refractivity (Wildman–Crippen MR) is 155 cm³/mol. The SMILES string of the molecule is c1cc(-c2ccc(-c3ccco3)cn2)cc(-n2c3ccccc3c3ccc(-c4nc5ccccc5o4)cc32)c1. The molecule has 0 aliphatic heterocycles. The highest BCUT2D eigenvalue weighted by atomic mass is 16.3. The van der Waals surface area contributed by atoms with Crippen LogP contribution in [0.25, 0.3) is 72.6 Å². The number of hydrogen-bond acceptors (Lipinski definition) is 4. The van der Waals surface area contributed by atoms with E-state index in [9.17, 15) is 0 Å². The molecular weight excluding hydrogens is 482 g/mol. The van der Waals surface area contributed by atoms with Gasteiger partial charge in [0.2, 0.25) is 5.89 Å². The fraction of sp³-hybridized carbons (Fsp3) is 0. The number of oxazole rings is 1. The summed E-state index contributed by atoms with van der Waals surface area (Å²) in [6, 6.07) is 39.2. The monoisotopic (exact) mass is 503 g/mol. The summed E-state index contributed by atoms with van der Waals surface area (Å²) in [7, 11) is 0. The van der Waals surface area contributed by atoms with E-state index in [0.29, 0.717) is 5.89 Å². The van der Waals surface area contributed by atoms with E-state index in [4.69, 9.17) is 18.8 Å². The normalized spacial score (nSPS) is 11.6. The van der Waals surface area contributed by atoms with Gasteiger partial charge in [0.05, 0.1) is 23.0 Å². The minimum Gasteiger partial charge on any atom is -0.464 e. The third-order valence-corrected chi connectivity index (χ3v) is 7.18. The Balaban J connectivity index is 1.28. The molecule has 8 aromatic rings. The van der Waals surface area contributed by atoms with E-state index in [0.717, 1.165) is 56.0 Å². The van der Waals surface area contributed by atoms with E-state index >= 15 is 0 Å². The van der Waals surface area contributed by atoms with Gasteiger partial charge in [-0.15, -0.1) is 0 Å². The Morgan fingerprint density at radius 3 is 2.36 bits per heavy atom. The van der Waals surface area contributed by atoms with Crippen LogP contribution in [0.2, 0.25) is 0 Å². The number of hydrogen-bond donors (Lipinski definition) is 0. The van der Waals surface area contributed by atoms with E-state index < -0.39 is 0 Å². The van der Waals surface area contributed by atoms with Crippen LogP contribution in [0.4, 0.5) is 0 Å². The van der Waals surface area contributed by atoms with Gasteiger partial charge >= 0.3 is 0 Å². The highest BCUT2D eigenvalue weighted by Crippen LogP contribution is 2.36. The standard InChI is InChI=1S/C34H21N3O2/c1-3-11-30-26(9-1)27-16-14-23(34-36-29-10-2-4-12-33(29)39-34)20-31(27)37(30)25-8-5-7-22(19-25)28-17-15-24(21-35-28)32-13-6-18-38-32/h1-21H. The number of pyridine rings is 1. The van der Waals surface area contributed by atoms with Crippen LogP contribution in [0, 0.1) is 0 Å². The van der Waals surface area contributed by atoms with Crippen molar-refractivity contribution >= 4 is 32.9 Å². The van der Waals surface area contributed by atoms with Gasteiger partial charge in [-0.3, -0.25) is 4.98 Å². The number of nitrogens with zero attached hydrogens (tertiary/aromatic N) is 3. The number of para-hydroxylation sites is 3. The molecule has 0 saturated heterocycles. The molecule has 0 spiro atoms. The smallest absolute Gasteiger partial charge is 0.227 e. The molecule has 0 fully saturated rings. The summed E-state index contributed by atoms with van der Waals surface area (Å²) in [5.74, 6) is 1.42. The molecule has 4 aromatic heterocycles. The van der Waals surface area contributed by atoms with Crippen LogP contribution in [0.15, 0.2) is 137 Å². The van der Waals surface area contributed by atoms with Crippen molar-refractivity contribution in [3.63, 3.8) is 0 Å². The van der Waals surface area contributed by atoms with Gasteiger partial charge in [0.25, 0.3) is 0 Å². The van der Waals surface area contributed by atoms with Gasteiger partial charge in [-0.25, -0.2) is 4.98 Å². The molecule has 0 aliphatic carbocycles. The van der Waals surface area contributed by atoms with Gasteiger partial charge in [-0.1, -0.05) is 48.5 Å². The quantitative estimate of drug-likeness (QED) is 0.241.